The van der Waals surface area contributed by atoms with E-state index in [1.54, 1.807) is 18.2 Å². The van der Waals surface area contributed by atoms with Crippen molar-refractivity contribution in [3.05, 3.63) is 76.2 Å². The highest BCUT2D eigenvalue weighted by atomic mass is 16.3. The predicted molar refractivity (Wildman–Crippen MR) is 79.3 cm³/mol. The van der Waals surface area contributed by atoms with Crippen LogP contribution >= 0.6 is 0 Å². The lowest BCUT2D eigenvalue weighted by Gasteiger charge is -2.01. The molecule has 0 radical (unpaired) electrons. The van der Waals surface area contributed by atoms with Crippen molar-refractivity contribution in [1.29, 1.82) is 0 Å². The summed E-state index contributed by atoms with van der Waals surface area (Å²) in [6.07, 6.45) is 1.38. The molecule has 2 aromatic carbocycles. The van der Waals surface area contributed by atoms with Crippen molar-refractivity contribution in [2.75, 3.05) is 0 Å². The molecule has 0 bridgehead atoms. The molecule has 20 heavy (non-hydrogen) atoms. The van der Waals surface area contributed by atoms with Gasteiger partial charge in [0, 0.05) is 11.6 Å². The van der Waals surface area contributed by atoms with Gasteiger partial charge < -0.3 is 10.1 Å². The van der Waals surface area contributed by atoms with Gasteiger partial charge in [-0.15, -0.1) is 0 Å². The Bertz CT molecular complexity index is 836. The minimum Gasteiger partial charge on any atom is -0.507 e. The van der Waals surface area contributed by atoms with Gasteiger partial charge in [-0.2, -0.15) is 0 Å². The number of benzene rings is 2. The zero-order chi connectivity index (χ0) is 13.9. The summed E-state index contributed by atoms with van der Waals surface area (Å²) in [4.78, 5) is 18.9. The molecule has 0 aliphatic rings. The number of fused-ring (bicyclic) bond motifs is 1. The number of nitrogens with one attached hydrogen (secondary N) is 1. The van der Waals surface area contributed by atoms with Crippen LogP contribution in [-0.4, -0.2) is 15.1 Å². The average molecular weight is 264 g/mol. The number of aromatic amines is 1. The number of aliphatic hydroxyl groups is 1. The largest absolute Gasteiger partial charge is 0.507 e. The van der Waals surface area contributed by atoms with Crippen LogP contribution in [0.25, 0.3) is 22.9 Å². The molecule has 0 saturated carbocycles. The number of aliphatic hydroxyl groups excluding tert-OH is 1. The Morgan fingerprint density at radius 1 is 1.05 bits per heavy atom. The molecule has 1 aromatic heterocycles. The van der Waals surface area contributed by atoms with Gasteiger partial charge in [0.15, 0.2) is 0 Å². The molecule has 2 N–H and O–H groups in total. The van der Waals surface area contributed by atoms with Gasteiger partial charge in [0.25, 0.3) is 5.56 Å². The quantitative estimate of drug-likeness (QED) is 0.699. The molecule has 0 spiro atoms. The number of rotatable bonds is 2. The standard InChI is InChI=1S/C16H12N2O2/c19-15(11-6-2-1-3-7-11)10-14-16(20)18-13-9-5-4-8-12(13)17-14/h1-10,19H,(H,18,20). The lowest BCUT2D eigenvalue weighted by molar-refractivity contribution is 0.515. The molecule has 4 nitrogen and oxygen atoms in total. The van der Waals surface area contributed by atoms with Gasteiger partial charge in [0.1, 0.15) is 11.5 Å². The molecule has 0 amide bonds. The van der Waals surface area contributed by atoms with E-state index in [0.29, 0.717) is 16.6 Å². The Kier molecular flexibility index (Phi) is 3.05. The minimum atomic E-state index is -0.328. The second-order valence-corrected chi connectivity index (χ2v) is 4.36. The van der Waals surface area contributed by atoms with Crippen LogP contribution in [0.15, 0.2) is 59.4 Å². The van der Waals surface area contributed by atoms with Crippen molar-refractivity contribution in [3.63, 3.8) is 0 Å². The molecule has 4 heteroatoms. The Labute approximate surface area is 115 Å². The maximum atomic E-state index is 11.9. The Morgan fingerprint density at radius 2 is 1.75 bits per heavy atom. The van der Waals surface area contributed by atoms with Gasteiger partial charge in [-0.1, -0.05) is 42.5 Å². The van der Waals surface area contributed by atoms with Crippen molar-refractivity contribution in [2.24, 2.45) is 0 Å². The fraction of sp³-hybridized carbons (Fsp3) is 0. The van der Waals surface area contributed by atoms with Crippen LogP contribution in [0.2, 0.25) is 0 Å². The van der Waals surface area contributed by atoms with Gasteiger partial charge in [0.05, 0.1) is 11.0 Å². The Balaban J connectivity index is 2.11. The second-order valence-electron chi connectivity index (χ2n) is 4.36. The molecule has 1 heterocycles. The smallest absolute Gasteiger partial charge is 0.274 e. The SMILES string of the molecule is O=c1[nH]c2ccccc2nc1C=C(O)c1ccccc1. The number of aromatic nitrogens is 2. The van der Waals surface area contributed by atoms with Crippen LogP contribution < -0.4 is 5.56 Å². The summed E-state index contributed by atoms with van der Waals surface area (Å²) in [5, 5.41) is 10.0. The summed E-state index contributed by atoms with van der Waals surface area (Å²) in [5.74, 6) is 0.0129. The first kappa shape index (κ1) is 12.2. The first-order valence-electron chi connectivity index (χ1n) is 6.19. The van der Waals surface area contributed by atoms with Gasteiger partial charge in [-0.05, 0) is 12.1 Å². The molecule has 0 atom stereocenters. The zero-order valence-corrected chi connectivity index (χ0v) is 10.6. The van der Waals surface area contributed by atoms with E-state index < -0.39 is 0 Å². The number of H-pyrrole nitrogens is 1. The zero-order valence-electron chi connectivity index (χ0n) is 10.6. The van der Waals surface area contributed by atoms with Crippen LogP contribution in [-0.2, 0) is 0 Å². The van der Waals surface area contributed by atoms with Crippen molar-refractivity contribution < 1.29 is 5.11 Å². The summed E-state index contributed by atoms with van der Waals surface area (Å²) >= 11 is 0. The lowest BCUT2D eigenvalue weighted by Crippen LogP contribution is -2.12. The summed E-state index contributed by atoms with van der Waals surface area (Å²) < 4.78 is 0. The highest BCUT2D eigenvalue weighted by Gasteiger charge is 2.04. The molecule has 3 aromatic rings. The first-order valence-corrected chi connectivity index (χ1v) is 6.19. The summed E-state index contributed by atoms with van der Waals surface area (Å²) in [6.45, 7) is 0. The van der Waals surface area contributed by atoms with Crippen LogP contribution in [0.3, 0.4) is 0 Å². The van der Waals surface area contributed by atoms with E-state index in [1.165, 1.54) is 6.08 Å². The molecule has 0 aliphatic heterocycles. The maximum Gasteiger partial charge on any atom is 0.274 e. The summed E-state index contributed by atoms with van der Waals surface area (Å²) in [7, 11) is 0. The van der Waals surface area contributed by atoms with Gasteiger partial charge in [-0.25, -0.2) is 4.98 Å². The van der Waals surface area contributed by atoms with E-state index in [4.69, 9.17) is 0 Å². The third kappa shape index (κ3) is 2.31. The topological polar surface area (TPSA) is 66.0 Å². The van der Waals surface area contributed by atoms with Crippen LogP contribution in [0.5, 0.6) is 0 Å². The highest BCUT2D eigenvalue weighted by Crippen LogP contribution is 2.13. The normalized spacial score (nSPS) is 11.7. The van der Waals surface area contributed by atoms with E-state index in [0.717, 1.165) is 0 Å². The molecule has 0 saturated heterocycles. The van der Waals surface area contributed by atoms with Crippen LogP contribution in [0, 0.1) is 0 Å². The van der Waals surface area contributed by atoms with Crippen LogP contribution in [0.4, 0.5) is 0 Å². The highest BCUT2D eigenvalue weighted by molar-refractivity contribution is 5.79. The Morgan fingerprint density at radius 3 is 2.55 bits per heavy atom. The van der Waals surface area contributed by atoms with Crippen molar-refractivity contribution >= 4 is 22.9 Å². The predicted octanol–water partition coefficient (Wildman–Crippen LogP) is 2.98. The van der Waals surface area contributed by atoms with E-state index in [-0.39, 0.29) is 17.0 Å². The first-order chi connectivity index (χ1) is 9.74. The fourth-order valence-corrected chi connectivity index (χ4v) is 1.96. The maximum absolute atomic E-state index is 11.9. The van der Waals surface area contributed by atoms with E-state index in [2.05, 4.69) is 9.97 Å². The number of hydrogen-bond donors (Lipinski definition) is 2. The lowest BCUT2D eigenvalue weighted by atomic mass is 10.1. The summed E-state index contributed by atoms with van der Waals surface area (Å²) in [6, 6.07) is 16.3. The molecule has 0 aliphatic carbocycles. The van der Waals surface area contributed by atoms with Crippen molar-refractivity contribution in [1.82, 2.24) is 9.97 Å². The number of para-hydroxylation sites is 2. The minimum absolute atomic E-state index is 0.0129. The third-order valence-corrected chi connectivity index (χ3v) is 2.97. The van der Waals surface area contributed by atoms with Crippen molar-refractivity contribution in [2.45, 2.75) is 0 Å². The van der Waals surface area contributed by atoms with Crippen LogP contribution in [0.1, 0.15) is 11.3 Å². The molecule has 0 fully saturated rings. The Hall–Kier alpha value is -2.88. The van der Waals surface area contributed by atoms with E-state index >= 15 is 0 Å². The third-order valence-electron chi connectivity index (χ3n) is 2.97. The van der Waals surface area contributed by atoms with E-state index in [9.17, 15) is 9.90 Å². The number of nitrogens with zero attached hydrogens (tertiary/aromatic N) is 1. The molecule has 3 rings (SSSR count). The van der Waals surface area contributed by atoms with Crippen molar-refractivity contribution in [3.8, 4) is 0 Å². The van der Waals surface area contributed by atoms with Gasteiger partial charge in [0.2, 0.25) is 0 Å². The van der Waals surface area contributed by atoms with Gasteiger partial charge in [-0.3, -0.25) is 4.79 Å². The second kappa shape index (κ2) is 5.01. The van der Waals surface area contributed by atoms with Gasteiger partial charge >= 0.3 is 0 Å². The van der Waals surface area contributed by atoms with E-state index in [1.807, 2.05) is 36.4 Å². The molecule has 98 valence electrons. The summed E-state index contributed by atoms with van der Waals surface area (Å²) in [5.41, 5.74) is 1.85. The fourth-order valence-electron chi connectivity index (χ4n) is 1.96. The average Bonchev–Trinajstić information content (AvgIpc) is 2.49. The molecular weight excluding hydrogens is 252 g/mol. The molecule has 0 unspecified atom stereocenters. The molecular formula is C16H12N2O2. The number of hydrogen-bond acceptors (Lipinski definition) is 3. The monoisotopic (exact) mass is 264 g/mol.